The smallest absolute Gasteiger partial charge is 0.226 e. The number of oxazole rings is 1. The molecule has 4 nitrogen and oxygen atoms in total. The molecule has 1 fully saturated rings. The summed E-state index contributed by atoms with van der Waals surface area (Å²) in [7, 11) is 0. The van der Waals surface area contributed by atoms with E-state index >= 15 is 0 Å². The van der Waals surface area contributed by atoms with Crippen LogP contribution in [0.5, 0.6) is 0 Å². The zero-order valence-corrected chi connectivity index (χ0v) is 14.7. The van der Waals surface area contributed by atoms with Crippen molar-refractivity contribution in [3.05, 3.63) is 41.2 Å². The van der Waals surface area contributed by atoms with Crippen LogP contribution in [0.15, 0.2) is 34.9 Å². The van der Waals surface area contributed by atoms with Gasteiger partial charge in [-0.3, -0.25) is 4.90 Å². The summed E-state index contributed by atoms with van der Waals surface area (Å²) in [5, 5.41) is 0.717. The summed E-state index contributed by atoms with van der Waals surface area (Å²) in [5.74, 6) is 1.38. The molecule has 126 valence electrons. The molecule has 1 aliphatic rings. The minimum Gasteiger partial charge on any atom is -0.444 e. The number of likely N-dealkylation sites (tertiary alicyclic amines) is 1. The second-order valence-corrected chi connectivity index (χ2v) is 6.41. The van der Waals surface area contributed by atoms with E-state index in [9.17, 15) is 0 Å². The second-order valence-electron chi connectivity index (χ2n) is 5.97. The monoisotopic (exact) mass is 355 g/mol. The molecular formula is C17H23Cl2N3O. The van der Waals surface area contributed by atoms with Crippen LogP contribution < -0.4 is 5.73 Å². The first kappa shape index (κ1) is 18.3. The van der Waals surface area contributed by atoms with Crippen molar-refractivity contribution in [2.45, 2.75) is 25.8 Å². The Kier molecular flexibility index (Phi) is 6.90. The molecule has 0 spiro atoms. The zero-order valence-electron chi connectivity index (χ0n) is 13.1. The van der Waals surface area contributed by atoms with E-state index in [-0.39, 0.29) is 12.4 Å². The number of hydrogen-bond acceptors (Lipinski definition) is 4. The van der Waals surface area contributed by atoms with E-state index in [0.29, 0.717) is 5.89 Å². The first-order valence-electron chi connectivity index (χ1n) is 7.87. The lowest BCUT2D eigenvalue weighted by molar-refractivity contribution is 0.161. The third kappa shape index (κ3) is 4.95. The van der Waals surface area contributed by atoms with Crippen molar-refractivity contribution < 1.29 is 4.42 Å². The Labute approximate surface area is 148 Å². The highest BCUT2D eigenvalue weighted by atomic mass is 35.5. The van der Waals surface area contributed by atoms with Gasteiger partial charge in [0.2, 0.25) is 5.89 Å². The van der Waals surface area contributed by atoms with Gasteiger partial charge in [-0.15, -0.1) is 12.4 Å². The standard InChI is InChI=1S/C17H22ClN3O.ClH/c18-15-5-3-14(4-6-15)17-20-16(12-22-17)11-21-9-1-2-13(10-21)7-8-19;/h3-6,12-13H,1-2,7-11,19H2;1H. The summed E-state index contributed by atoms with van der Waals surface area (Å²) < 4.78 is 5.61. The summed E-state index contributed by atoms with van der Waals surface area (Å²) in [6.45, 7) is 3.87. The lowest BCUT2D eigenvalue weighted by atomic mass is 9.95. The number of rotatable bonds is 5. The molecule has 0 saturated carbocycles. The maximum absolute atomic E-state index is 5.91. The van der Waals surface area contributed by atoms with Crippen molar-refractivity contribution in [2.24, 2.45) is 11.7 Å². The molecule has 3 rings (SSSR count). The largest absolute Gasteiger partial charge is 0.444 e. The van der Waals surface area contributed by atoms with Crippen LogP contribution in [0, 0.1) is 5.92 Å². The summed E-state index contributed by atoms with van der Waals surface area (Å²) >= 11 is 5.91. The molecule has 0 radical (unpaired) electrons. The SMILES string of the molecule is Cl.NCCC1CCCN(Cc2coc(-c3ccc(Cl)cc3)n2)C1. The van der Waals surface area contributed by atoms with Crippen LogP contribution in [0.3, 0.4) is 0 Å². The van der Waals surface area contributed by atoms with E-state index in [0.717, 1.165) is 54.8 Å². The molecule has 0 aliphatic carbocycles. The number of piperidine rings is 1. The molecule has 23 heavy (non-hydrogen) atoms. The summed E-state index contributed by atoms with van der Waals surface area (Å²) in [5.41, 5.74) is 7.62. The van der Waals surface area contributed by atoms with Crippen molar-refractivity contribution in [2.75, 3.05) is 19.6 Å². The topological polar surface area (TPSA) is 55.3 Å². The lowest BCUT2D eigenvalue weighted by Gasteiger charge is -2.31. The quantitative estimate of drug-likeness (QED) is 0.881. The molecule has 2 aromatic rings. The van der Waals surface area contributed by atoms with Gasteiger partial charge < -0.3 is 10.2 Å². The van der Waals surface area contributed by atoms with Gasteiger partial charge in [-0.05, 0) is 62.5 Å². The first-order valence-corrected chi connectivity index (χ1v) is 8.25. The molecule has 2 heterocycles. The van der Waals surface area contributed by atoms with Crippen LogP contribution in [0.1, 0.15) is 25.0 Å². The van der Waals surface area contributed by atoms with Gasteiger partial charge in [0.25, 0.3) is 0 Å². The number of nitrogens with two attached hydrogens (primary N) is 1. The van der Waals surface area contributed by atoms with Gasteiger partial charge in [-0.25, -0.2) is 4.98 Å². The Balaban J connectivity index is 0.00000192. The van der Waals surface area contributed by atoms with Gasteiger partial charge in [-0.1, -0.05) is 11.6 Å². The van der Waals surface area contributed by atoms with Crippen LogP contribution in [0.25, 0.3) is 11.5 Å². The molecule has 0 amide bonds. The van der Waals surface area contributed by atoms with Crippen LogP contribution >= 0.6 is 24.0 Å². The molecule has 1 unspecified atom stereocenters. The van der Waals surface area contributed by atoms with Crippen molar-refractivity contribution in [3.8, 4) is 11.5 Å². The third-order valence-electron chi connectivity index (χ3n) is 4.21. The number of halogens is 2. The van der Waals surface area contributed by atoms with E-state index in [4.69, 9.17) is 21.8 Å². The number of benzene rings is 1. The Bertz CT molecular complexity index is 598. The summed E-state index contributed by atoms with van der Waals surface area (Å²) in [6.07, 6.45) is 5.41. The molecular weight excluding hydrogens is 333 g/mol. The van der Waals surface area contributed by atoms with Gasteiger partial charge >= 0.3 is 0 Å². The second kappa shape index (κ2) is 8.69. The van der Waals surface area contributed by atoms with Crippen molar-refractivity contribution in [1.29, 1.82) is 0 Å². The first-order chi connectivity index (χ1) is 10.7. The normalized spacial score (nSPS) is 18.6. The van der Waals surface area contributed by atoms with Crippen LogP contribution in [0.4, 0.5) is 0 Å². The number of nitrogens with zero attached hydrogens (tertiary/aromatic N) is 2. The summed E-state index contributed by atoms with van der Waals surface area (Å²) in [4.78, 5) is 7.05. The van der Waals surface area contributed by atoms with Crippen molar-refractivity contribution in [3.63, 3.8) is 0 Å². The van der Waals surface area contributed by atoms with Crippen molar-refractivity contribution >= 4 is 24.0 Å². The van der Waals surface area contributed by atoms with Gasteiger partial charge in [-0.2, -0.15) is 0 Å². The Hall–Kier alpha value is -1.07. The minimum atomic E-state index is 0. The maximum atomic E-state index is 5.91. The fourth-order valence-corrected chi connectivity index (χ4v) is 3.23. The molecule has 1 saturated heterocycles. The zero-order chi connectivity index (χ0) is 15.4. The molecule has 6 heteroatoms. The molecule has 1 aromatic heterocycles. The van der Waals surface area contributed by atoms with E-state index < -0.39 is 0 Å². The maximum Gasteiger partial charge on any atom is 0.226 e. The van der Waals surface area contributed by atoms with E-state index in [2.05, 4.69) is 9.88 Å². The molecule has 0 bridgehead atoms. The van der Waals surface area contributed by atoms with Gasteiger partial charge in [0, 0.05) is 23.7 Å². The average Bonchev–Trinajstić information content (AvgIpc) is 2.97. The van der Waals surface area contributed by atoms with Crippen LogP contribution in [0.2, 0.25) is 5.02 Å². The summed E-state index contributed by atoms with van der Waals surface area (Å²) in [6, 6.07) is 7.55. The lowest BCUT2D eigenvalue weighted by Crippen LogP contribution is -2.35. The Morgan fingerprint density at radius 2 is 2.09 bits per heavy atom. The van der Waals surface area contributed by atoms with Gasteiger partial charge in [0.15, 0.2) is 0 Å². The van der Waals surface area contributed by atoms with Crippen LogP contribution in [-0.4, -0.2) is 29.5 Å². The molecule has 1 aliphatic heterocycles. The Morgan fingerprint density at radius 1 is 1.30 bits per heavy atom. The fraction of sp³-hybridized carbons (Fsp3) is 0.471. The van der Waals surface area contributed by atoms with Gasteiger partial charge in [0.05, 0.1) is 5.69 Å². The van der Waals surface area contributed by atoms with E-state index in [1.807, 2.05) is 24.3 Å². The number of hydrogen-bond donors (Lipinski definition) is 1. The minimum absolute atomic E-state index is 0. The fourth-order valence-electron chi connectivity index (χ4n) is 3.10. The molecule has 1 atom stereocenters. The highest BCUT2D eigenvalue weighted by Crippen LogP contribution is 2.23. The predicted octanol–water partition coefficient (Wildman–Crippen LogP) is 3.98. The molecule has 1 aromatic carbocycles. The highest BCUT2D eigenvalue weighted by molar-refractivity contribution is 6.30. The van der Waals surface area contributed by atoms with E-state index in [1.165, 1.54) is 12.8 Å². The number of aromatic nitrogens is 1. The average molecular weight is 356 g/mol. The Morgan fingerprint density at radius 3 is 2.83 bits per heavy atom. The van der Waals surface area contributed by atoms with E-state index in [1.54, 1.807) is 6.26 Å². The van der Waals surface area contributed by atoms with Crippen molar-refractivity contribution in [1.82, 2.24) is 9.88 Å². The predicted molar refractivity (Wildman–Crippen MR) is 95.9 cm³/mol. The third-order valence-corrected chi connectivity index (χ3v) is 4.46. The van der Waals surface area contributed by atoms with Crippen LogP contribution in [-0.2, 0) is 6.54 Å². The highest BCUT2D eigenvalue weighted by Gasteiger charge is 2.20. The van der Waals surface area contributed by atoms with Gasteiger partial charge in [0.1, 0.15) is 6.26 Å². The molecule has 2 N–H and O–H groups in total.